The first kappa shape index (κ1) is 22.3. The molecular formula is C26H29N5O2. The number of nitrogens with zero attached hydrogens (tertiary/aromatic N) is 3. The van der Waals surface area contributed by atoms with Crippen LogP contribution >= 0.6 is 0 Å². The Morgan fingerprint density at radius 2 is 1.85 bits per heavy atom. The van der Waals surface area contributed by atoms with Crippen LogP contribution in [0.15, 0.2) is 60.8 Å². The fourth-order valence-electron chi connectivity index (χ4n) is 4.00. The van der Waals surface area contributed by atoms with Crippen LogP contribution in [0.3, 0.4) is 0 Å². The zero-order valence-corrected chi connectivity index (χ0v) is 19.4. The molecule has 4 aromatic rings. The first-order valence-electron chi connectivity index (χ1n) is 10.9. The Morgan fingerprint density at radius 1 is 1.09 bits per heavy atom. The number of aryl methyl sites for hydroxylation is 1. The molecule has 1 atom stereocenters. The van der Waals surface area contributed by atoms with Gasteiger partial charge in [0.2, 0.25) is 5.91 Å². The van der Waals surface area contributed by atoms with E-state index >= 15 is 0 Å². The lowest BCUT2D eigenvalue weighted by molar-refractivity contribution is -0.121. The molecule has 0 radical (unpaired) electrons. The van der Waals surface area contributed by atoms with Crippen LogP contribution < -0.4 is 15.0 Å². The summed E-state index contributed by atoms with van der Waals surface area (Å²) in [5, 5.41) is 4.35. The Hall–Kier alpha value is -3.87. The highest BCUT2D eigenvalue weighted by atomic mass is 16.5. The molecule has 0 saturated heterocycles. The standard InChI is InChI=1S/C26H29N5O2/c1-17-28-23(15-25(29-17)31(2)3)22(13-19-16-27-21-11-7-6-10-20(19)21)30-26(32)14-18-9-5-8-12-24(18)33-4/h5-12,15-16,22,27H,13-14H2,1-4H3,(H,30,32)/t22-/m1/s1. The van der Waals surface area contributed by atoms with Gasteiger partial charge in [-0.1, -0.05) is 36.4 Å². The van der Waals surface area contributed by atoms with Crippen LogP contribution in [-0.4, -0.2) is 42.1 Å². The van der Waals surface area contributed by atoms with Gasteiger partial charge in [-0.25, -0.2) is 9.97 Å². The van der Waals surface area contributed by atoms with Gasteiger partial charge >= 0.3 is 0 Å². The smallest absolute Gasteiger partial charge is 0.225 e. The van der Waals surface area contributed by atoms with E-state index in [9.17, 15) is 4.79 Å². The molecule has 0 bridgehead atoms. The lowest BCUT2D eigenvalue weighted by Crippen LogP contribution is -2.32. The largest absolute Gasteiger partial charge is 0.496 e. The van der Waals surface area contributed by atoms with Crippen molar-refractivity contribution >= 4 is 22.6 Å². The number of amides is 1. The predicted molar refractivity (Wildman–Crippen MR) is 131 cm³/mol. The Morgan fingerprint density at radius 3 is 2.64 bits per heavy atom. The number of hydrogen-bond acceptors (Lipinski definition) is 5. The number of aromatic nitrogens is 3. The second kappa shape index (κ2) is 9.73. The van der Waals surface area contributed by atoms with Gasteiger partial charge in [0.15, 0.2) is 0 Å². The van der Waals surface area contributed by atoms with Crippen LogP contribution in [0.2, 0.25) is 0 Å². The minimum absolute atomic E-state index is 0.0907. The van der Waals surface area contributed by atoms with Crippen molar-refractivity contribution in [1.29, 1.82) is 0 Å². The topological polar surface area (TPSA) is 83.1 Å². The molecule has 2 aromatic carbocycles. The molecular weight excluding hydrogens is 414 g/mol. The van der Waals surface area contributed by atoms with Crippen molar-refractivity contribution in [3.8, 4) is 5.75 Å². The summed E-state index contributed by atoms with van der Waals surface area (Å²) < 4.78 is 5.42. The van der Waals surface area contributed by atoms with E-state index < -0.39 is 0 Å². The fourth-order valence-corrected chi connectivity index (χ4v) is 4.00. The molecule has 0 fully saturated rings. The van der Waals surface area contributed by atoms with E-state index in [4.69, 9.17) is 4.74 Å². The van der Waals surface area contributed by atoms with Crippen LogP contribution in [0.5, 0.6) is 5.75 Å². The first-order valence-corrected chi connectivity index (χ1v) is 10.9. The molecule has 0 aliphatic rings. The average molecular weight is 444 g/mol. The summed E-state index contributed by atoms with van der Waals surface area (Å²) in [6, 6.07) is 17.4. The van der Waals surface area contributed by atoms with E-state index in [1.54, 1.807) is 7.11 Å². The second-order valence-electron chi connectivity index (χ2n) is 8.26. The zero-order valence-electron chi connectivity index (χ0n) is 19.4. The van der Waals surface area contributed by atoms with Crippen LogP contribution in [0.4, 0.5) is 5.82 Å². The van der Waals surface area contributed by atoms with Crippen molar-refractivity contribution < 1.29 is 9.53 Å². The molecule has 2 N–H and O–H groups in total. The van der Waals surface area contributed by atoms with E-state index in [2.05, 4.69) is 26.3 Å². The van der Waals surface area contributed by atoms with Crippen molar-refractivity contribution in [2.75, 3.05) is 26.1 Å². The minimum atomic E-state index is -0.313. The number of ether oxygens (including phenoxy) is 1. The van der Waals surface area contributed by atoms with E-state index in [1.807, 2.05) is 80.6 Å². The number of nitrogens with one attached hydrogen (secondary N) is 2. The van der Waals surface area contributed by atoms with Crippen LogP contribution in [-0.2, 0) is 17.6 Å². The molecule has 0 spiro atoms. The molecule has 7 nitrogen and oxygen atoms in total. The van der Waals surface area contributed by atoms with E-state index in [0.29, 0.717) is 18.0 Å². The number of methoxy groups -OCH3 is 1. The summed E-state index contributed by atoms with van der Waals surface area (Å²) in [6.45, 7) is 1.87. The molecule has 170 valence electrons. The third kappa shape index (κ3) is 5.14. The summed E-state index contributed by atoms with van der Waals surface area (Å²) in [4.78, 5) is 27.6. The van der Waals surface area contributed by atoms with E-state index in [1.165, 1.54) is 0 Å². The Balaban J connectivity index is 1.66. The molecule has 0 aliphatic heterocycles. The summed E-state index contributed by atoms with van der Waals surface area (Å²) >= 11 is 0. The summed E-state index contributed by atoms with van der Waals surface area (Å²) in [6.07, 6.45) is 2.83. The van der Waals surface area contributed by atoms with Gasteiger partial charge in [-0.05, 0) is 24.6 Å². The lowest BCUT2D eigenvalue weighted by atomic mass is 10.0. The Labute approximate surface area is 193 Å². The molecule has 2 aromatic heterocycles. The fraction of sp³-hybridized carbons (Fsp3) is 0.269. The number of fused-ring (bicyclic) bond motifs is 1. The van der Waals surface area contributed by atoms with Gasteiger partial charge in [-0.15, -0.1) is 0 Å². The molecule has 0 unspecified atom stereocenters. The molecule has 4 rings (SSSR count). The number of aromatic amines is 1. The van der Waals surface area contributed by atoms with Gasteiger partial charge in [-0.3, -0.25) is 4.79 Å². The van der Waals surface area contributed by atoms with Gasteiger partial charge in [0, 0.05) is 49.2 Å². The van der Waals surface area contributed by atoms with Crippen molar-refractivity contribution in [3.05, 3.63) is 83.4 Å². The zero-order chi connectivity index (χ0) is 23.4. The van der Waals surface area contributed by atoms with Crippen molar-refractivity contribution in [2.45, 2.75) is 25.8 Å². The minimum Gasteiger partial charge on any atom is -0.496 e. The number of para-hydroxylation sites is 2. The summed E-state index contributed by atoms with van der Waals surface area (Å²) in [5.41, 5.74) is 3.82. The number of benzene rings is 2. The van der Waals surface area contributed by atoms with Crippen molar-refractivity contribution in [3.63, 3.8) is 0 Å². The Bertz CT molecular complexity index is 1260. The van der Waals surface area contributed by atoms with Gasteiger partial charge in [0.25, 0.3) is 0 Å². The SMILES string of the molecule is COc1ccccc1CC(=O)N[C@H](Cc1c[nH]c2ccccc12)c1cc(N(C)C)nc(C)n1. The summed E-state index contributed by atoms with van der Waals surface area (Å²) in [5.74, 6) is 2.08. The highest BCUT2D eigenvalue weighted by molar-refractivity contribution is 5.83. The van der Waals surface area contributed by atoms with E-state index in [0.717, 1.165) is 33.5 Å². The average Bonchev–Trinajstić information content (AvgIpc) is 3.21. The maximum atomic E-state index is 13.1. The van der Waals surface area contributed by atoms with Crippen LogP contribution in [0, 0.1) is 6.92 Å². The molecule has 7 heteroatoms. The molecule has 2 heterocycles. The van der Waals surface area contributed by atoms with Crippen LogP contribution in [0.1, 0.15) is 28.7 Å². The van der Waals surface area contributed by atoms with Gasteiger partial charge in [0.05, 0.1) is 25.3 Å². The highest BCUT2D eigenvalue weighted by Gasteiger charge is 2.21. The molecule has 1 amide bonds. The first-order chi connectivity index (χ1) is 15.9. The highest BCUT2D eigenvalue weighted by Crippen LogP contribution is 2.26. The summed E-state index contributed by atoms with van der Waals surface area (Å²) in [7, 11) is 5.50. The monoisotopic (exact) mass is 443 g/mol. The van der Waals surface area contributed by atoms with Crippen molar-refractivity contribution in [1.82, 2.24) is 20.3 Å². The number of carbonyl (C=O) groups excluding carboxylic acids is 1. The number of rotatable bonds is 8. The predicted octanol–water partition coefficient (Wildman–Crippen LogP) is 3.98. The van der Waals surface area contributed by atoms with Gasteiger partial charge in [0.1, 0.15) is 17.4 Å². The Kier molecular flexibility index (Phi) is 6.58. The normalized spacial score (nSPS) is 11.9. The number of H-pyrrole nitrogens is 1. The number of hydrogen-bond donors (Lipinski definition) is 2. The van der Waals surface area contributed by atoms with E-state index in [-0.39, 0.29) is 18.4 Å². The second-order valence-corrected chi connectivity index (χ2v) is 8.26. The maximum absolute atomic E-state index is 13.1. The van der Waals surface area contributed by atoms with Gasteiger partial charge < -0.3 is 19.9 Å². The third-order valence-electron chi connectivity index (χ3n) is 5.64. The molecule has 0 saturated carbocycles. The van der Waals surface area contributed by atoms with Gasteiger partial charge in [-0.2, -0.15) is 0 Å². The van der Waals surface area contributed by atoms with Crippen LogP contribution in [0.25, 0.3) is 10.9 Å². The van der Waals surface area contributed by atoms with Crippen molar-refractivity contribution in [2.24, 2.45) is 0 Å². The number of carbonyl (C=O) groups is 1. The molecule has 33 heavy (non-hydrogen) atoms. The quantitative estimate of drug-likeness (QED) is 0.430. The number of anilines is 1. The lowest BCUT2D eigenvalue weighted by Gasteiger charge is -2.21. The maximum Gasteiger partial charge on any atom is 0.225 e. The third-order valence-corrected chi connectivity index (χ3v) is 5.64. The molecule has 0 aliphatic carbocycles.